The molecule has 0 aromatic rings. The SMILES string of the molecule is O=S(=O)=O.[CH2-]CCCCCCCCC(=O)NCCC[N+](C)(C)CC(C)=O.[Na+]. The number of hydrogen-bond donors (Lipinski definition) is 1. The number of carbonyl (C=O) groups is 2. The van der Waals surface area contributed by atoms with Crippen LogP contribution in [0.15, 0.2) is 0 Å². The molecule has 0 unspecified atom stereocenters. The molecule has 0 radical (unpaired) electrons. The first-order valence-electron chi connectivity index (χ1n) is 9.25. The van der Waals surface area contributed by atoms with Crippen LogP contribution in [0.4, 0.5) is 0 Å². The van der Waals surface area contributed by atoms with Gasteiger partial charge in [-0.1, -0.05) is 32.1 Å². The van der Waals surface area contributed by atoms with Crippen LogP contribution in [0, 0.1) is 6.92 Å². The van der Waals surface area contributed by atoms with Gasteiger partial charge in [-0.25, -0.2) is 0 Å². The van der Waals surface area contributed by atoms with Gasteiger partial charge in [0.15, 0.2) is 5.78 Å². The fourth-order valence-electron chi connectivity index (χ4n) is 2.67. The molecule has 0 aromatic heterocycles. The average Bonchev–Trinajstić information content (AvgIpc) is 2.49. The predicted molar refractivity (Wildman–Crippen MR) is 102 cm³/mol. The van der Waals surface area contributed by atoms with Crippen molar-refractivity contribution in [2.75, 3.05) is 33.7 Å². The van der Waals surface area contributed by atoms with Crippen LogP contribution in [0.5, 0.6) is 0 Å². The van der Waals surface area contributed by atoms with E-state index in [4.69, 9.17) is 12.6 Å². The largest absolute Gasteiger partial charge is 1.00 e. The van der Waals surface area contributed by atoms with Crippen LogP contribution in [0.3, 0.4) is 0 Å². The maximum atomic E-state index is 11.7. The molecule has 0 atom stereocenters. The molecular formula is C18H36N2NaO5S+. The zero-order valence-corrected chi connectivity index (χ0v) is 20.4. The Morgan fingerprint density at radius 2 is 1.41 bits per heavy atom. The van der Waals surface area contributed by atoms with Crippen LogP contribution < -0.4 is 34.9 Å². The van der Waals surface area contributed by atoms with E-state index in [2.05, 4.69) is 26.3 Å². The Balaban J connectivity index is -0.00000104. The fraction of sp³-hybridized carbons (Fsp3) is 0.833. The van der Waals surface area contributed by atoms with Gasteiger partial charge in [0, 0.05) is 26.3 Å². The van der Waals surface area contributed by atoms with E-state index in [0.717, 1.165) is 32.2 Å². The molecule has 0 aliphatic heterocycles. The van der Waals surface area contributed by atoms with Gasteiger partial charge >= 0.3 is 40.2 Å². The first-order chi connectivity index (χ1) is 12.1. The zero-order valence-electron chi connectivity index (χ0n) is 17.6. The molecular weight excluding hydrogens is 379 g/mol. The Kier molecular flexibility index (Phi) is 23.8. The maximum absolute atomic E-state index is 11.7. The molecule has 27 heavy (non-hydrogen) atoms. The number of nitrogens with zero attached hydrogens (tertiary/aromatic N) is 1. The number of amides is 1. The van der Waals surface area contributed by atoms with E-state index >= 15 is 0 Å². The number of ketones is 1. The van der Waals surface area contributed by atoms with Gasteiger partial charge in [-0.2, -0.15) is 6.42 Å². The Morgan fingerprint density at radius 1 is 0.926 bits per heavy atom. The van der Waals surface area contributed by atoms with Crippen LogP contribution in [0.1, 0.15) is 64.7 Å². The van der Waals surface area contributed by atoms with E-state index in [-0.39, 0.29) is 41.2 Å². The number of hydrogen-bond acceptors (Lipinski definition) is 5. The molecule has 0 saturated heterocycles. The van der Waals surface area contributed by atoms with Gasteiger partial charge in [0.2, 0.25) is 5.91 Å². The van der Waals surface area contributed by atoms with E-state index in [9.17, 15) is 9.59 Å². The molecule has 0 bridgehead atoms. The molecule has 0 aliphatic carbocycles. The summed E-state index contributed by atoms with van der Waals surface area (Å²) < 4.78 is 26.0. The van der Waals surface area contributed by atoms with Crippen LogP contribution in [0.2, 0.25) is 0 Å². The van der Waals surface area contributed by atoms with E-state index in [1.165, 1.54) is 25.7 Å². The Hall–Kier alpha value is -0.280. The number of rotatable bonds is 14. The summed E-state index contributed by atoms with van der Waals surface area (Å²) in [5, 5.41) is 2.98. The van der Waals surface area contributed by atoms with Crippen molar-refractivity contribution in [1.82, 2.24) is 5.32 Å². The zero-order chi connectivity index (χ0) is 20.4. The van der Waals surface area contributed by atoms with Gasteiger partial charge in [-0.05, 0) is 6.42 Å². The Morgan fingerprint density at radius 3 is 1.89 bits per heavy atom. The molecule has 0 aromatic carbocycles. The molecule has 7 nitrogen and oxygen atoms in total. The Bertz CT molecular complexity index is 488. The van der Waals surface area contributed by atoms with Crippen molar-refractivity contribution in [2.24, 2.45) is 0 Å². The summed E-state index contributed by atoms with van der Waals surface area (Å²) in [7, 11) is 0.996. The monoisotopic (exact) mass is 415 g/mol. The first-order valence-corrected chi connectivity index (χ1v) is 10.2. The second kappa shape index (κ2) is 20.5. The number of nitrogens with one attached hydrogen (secondary N) is 1. The molecule has 0 heterocycles. The molecule has 1 N–H and O–H groups in total. The van der Waals surface area contributed by atoms with Crippen molar-refractivity contribution < 1.29 is 56.3 Å². The minimum absolute atomic E-state index is 0. The van der Waals surface area contributed by atoms with Crippen LogP contribution in [-0.4, -0.2) is 62.5 Å². The molecule has 1 amide bonds. The minimum atomic E-state index is -3.11. The summed E-state index contributed by atoms with van der Waals surface area (Å²) in [5.41, 5.74) is 0. The molecule has 0 aliphatic rings. The van der Waals surface area contributed by atoms with E-state index in [1.807, 2.05) is 0 Å². The van der Waals surface area contributed by atoms with Crippen molar-refractivity contribution in [3.63, 3.8) is 0 Å². The van der Waals surface area contributed by atoms with Crippen molar-refractivity contribution in [3.8, 4) is 0 Å². The molecule has 0 saturated carbocycles. The van der Waals surface area contributed by atoms with Gasteiger partial charge in [0.05, 0.1) is 20.6 Å². The summed E-state index contributed by atoms with van der Waals surface area (Å²) in [6.45, 7) is 7.64. The van der Waals surface area contributed by atoms with Crippen molar-refractivity contribution in [2.45, 2.75) is 64.7 Å². The number of likely N-dealkylation sites (N-methyl/N-ethyl adjacent to an activating group) is 1. The normalized spacial score (nSPS) is 10.2. The number of quaternary nitrogens is 1. The van der Waals surface area contributed by atoms with Crippen LogP contribution >= 0.6 is 0 Å². The van der Waals surface area contributed by atoms with Crippen LogP contribution in [0.25, 0.3) is 0 Å². The fourth-order valence-corrected chi connectivity index (χ4v) is 2.67. The second-order valence-corrected chi connectivity index (χ2v) is 7.56. The first kappa shape index (κ1) is 31.4. The van der Waals surface area contributed by atoms with Crippen molar-refractivity contribution >= 4 is 22.3 Å². The Labute approximate surface area is 188 Å². The van der Waals surface area contributed by atoms with Crippen molar-refractivity contribution in [3.05, 3.63) is 6.92 Å². The van der Waals surface area contributed by atoms with E-state index in [1.54, 1.807) is 6.92 Å². The van der Waals surface area contributed by atoms with Gasteiger partial charge in [-0.15, -0.1) is 12.6 Å². The quantitative estimate of drug-likeness (QED) is 0.172. The van der Waals surface area contributed by atoms with E-state index in [0.29, 0.717) is 24.0 Å². The molecule has 154 valence electrons. The maximum Gasteiger partial charge on any atom is 1.00 e. The number of Topliss-reactive ketones (excluding diaryl/α,β-unsaturated/α-hetero) is 1. The van der Waals surface area contributed by atoms with E-state index < -0.39 is 10.6 Å². The number of carbonyl (C=O) groups excluding carboxylic acids is 2. The smallest absolute Gasteiger partial charge is 0.356 e. The van der Waals surface area contributed by atoms with Gasteiger partial charge in [0.1, 0.15) is 6.54 Å². The summed E-state index contributed by atoms with van der Waals surface area (Å²) in [4.78, 5) is 22.8. The number of unbranched alkanes of at least 4 members (excludes halogenated alkanes) is 6. The molecule has 0 fully saturated rings. The average molecular weight is 416 g/mol. The second-order valence-electron chi connectivity index (χ2n) is 7.15. The summed E-state index contributed by atoms with van der Waals surface area (Å²) in [6, 6.07) is 0. The van der Waals surface area contributed by atoms with Gasteiger partial charge in [0.25, 0.3) is 0 Å². The molecule has 0 spiro atoms. The molecule has 9 heteroatoms. The standard InChI is InChI=1S/C18H36N2O2.Na.O3S/c1-5-6-7-8-9-10-11-13-18(22)19-14-12-15-20(3,4)16-17(2)21;;1-4(2)3/h1,5-16H2,2-4H3,(H,19,22);;/q;+1;. The molecule has 0 rings (SSSR count). The third-order valence-electron chi connectivity index (χ3n) is 3.82. The van der Waals surface area contributed by atoms with Crippen molar-refractivity contribution in [1.29, 1.82) is 0 Å². The third kappa shape index (κ3) is 30.7. The van der Waals surface area contributed by atoms with Crippen LogP contribution in [-0.2, 0) is 20.2 Å². The summed E-state index contributed by atoms with van der Waals surface area (Å²) in [5.74, 6) is 0.374. The van der Waals surface area contributed by atoms with Gasteiger partial charge < -0.3 is 16.7 Å². The topological polar surface area (TPSA) is 97.4 Å². The summed E-state index contributed by atoms with van der Waals surface area (Å²) in [6.07, 6.45) is 9.70. The van der Waals surface area contributed by atoms with Gasteiger partial charge in [-0.3, -0.25) is 9.59 Å². The third-order valence-corrected chi connectivity index (χ3v) is 3.82. The summed E-state index contributed by atoms with van der Waals surface area (Å²) >= 11 is 0. The predicted octanol–water partition coefficient (Wildman–Crippen LogP) is -0.887. The minimum Gasteiger partial charge on any atom is -0.356 e.